The van der Waals surface area contributed by atoms with Crippen molar-refractivity contribution in [2.75, 3.05) is 13.2 Å². The van der Waals surface area contributed by atoms with Gasteiger partial charge in [-0.15, -0.1) is 0 Å². The molecule has 1 aromatic heterocycles. The van der Waals surface area contributed by atoms with Crippen LogP contribution in [-0.2, 0) is 27.3 Å². The van der Waals surface area contributed by atoms with E-state index in [0.29, 0.717) is 12.4 Å². The van der Waals surface area contributed by atoms with E-state index in [2.05, 4.69) is 5.32 Å². The van der Waals surface area contributed by atoms with E-state index in [4.69, 9.17) is 13.9 Å². The lowest BCUT2D eigenvalue weighted by Gasteiger charge is -2.07. The number of hydrogen-bond donors (Lipinski definition) is 1. The Bertz CT molecular complexity index is 619. The molecule has 0 saturated heterocycles. The van der Waals surface area contributed by atoms with Crippen LogP contribution in [0.1, 0.15) is 18.2 Å². The molecule has 0 aliphatic rings. The zero-order chi connectivity index (χ0) is 16.5. The van der Waals surface area contributed by atoms with Gasteiger partial charge in [0.2, 0.25) is 0 Å². The molecule has 0 radical (unpaired) electrons. The molecular weight excluding hydrogens is 298 g/mol. The Morgan fingerprint density at radius 3 is 2.61 bits per heavy atom. The van der Waals surface area contributed by atoms with Gasteiger partial charge in [0.25, 0.3) is 5.91 Å². The van der Waals surface area contributed by atoms with Crippen molar-refractivity contribution in [3.8, 4) is 5.75 Å². The molecule has 0 bridgehead atoms. The molecule has 0 fully saturated rings. The lowest BCUT2D eigenvalue weighted by molar-refractivity contribution is -0.147. The predicted molar refractivity (Wildman–Crippen MR) is 82.8 cm³/mol. The van der Waals surface area contributed by atoms with E-state index in [1.54, 1.807) is 36.4 Å². The molecule has 2 rings (SSSR count). The minimum atomic E-state index is -0.456. The maximum absolute atomic E-state index is 11.7. The van der Waals surface area contributed by atoms with Crippen molar-refractivity contribution in [3.05, 3.63) is 54.0 Å². The second-order valence-electron chi connectivity index (χ2n) is 4.77. The van der Waals surface area contributed by atoms with Crippen molar-refractivity contribution in [2.45, 2.75) is 19.9 Å². The monoisotopic (exact) mass is 317 g/mol. The number of carbonyl (C=O) groups excluding carboxylic acids is 2. The molecule has 1 heterocycles. The van der Waals surface area contributed by atoms with Gasteiger partial charge < -0.3 is 19.2 Å². The molecule has 0 aliphatic carbocycles. The van der Waals surface area contributed by atoms with E-state index in [-0.39, 0.29) is 25.5 Å². The van der Waals surface area contributed by atoms with Crippen LogP contribution in [0, 0.1) is 0 Å². The van der Waals surface area contributed by atoms with Gasteiger partial charge in [-0.25, -0.2) is 0 Å². The second kappa shape index (κ2) is 8.63. The fraction of sp³-hybridized carbons (Fsp3) is 0.294. The molecule has 6 nitrogen and oxygen atoms in total. The molecule has 0 saturated carbocycles. The van der Waals surface area contributed by atoms with Gasteiger partial charge in [-0.2, -0.15) is 0 Å². The standard InChI is InChI=1S/C17H19NO5/c1-2-21-14-7-5-13(6-8-14)10-17(20)23-12-16(19)18-11-15-4-3-9-22-15/h3-9H,2,10-12H2,1H3,(H,18,19). The van der Waals surface area contributed by atoms with E-state index in [1.807, 2.05) is 6.92 Å². The van der Waals surface area contributed by atoms with Gasteiger partial charge in [-0.1, -0.05) is 12.1 Å². The highest BCUT2D eigenvalue weighted by atomic mass is 16.5. The van der Waals surface area contributed by atoms with E-state index < -0.39 is 5.97 Å². The van der Waals surface area contributed by atoms with Crippen LogP contribution in [0.3, 0.4) is 0 Å². The average Bonchev–Trinajstić information content (AvgIpc) is 3.06. The van der Waals surface area contributed by atoms with Gasteiger partial charge in [-0.3, -0.25) is 9.59 Å². The third-order valence-electron chi connectivity index (χ3n) is 2.99. The molecule has 6 heteroatoms. The van der Waals surface area contributed by atoms with Crippen molar-refractivity contribution < 1.29 is 23.5 Å². The van der Waals surface area contributed by atoms with E-state index in [1.165, 1.54) is 6.26 Å². The number of hydrogen-bond acceptors (Lipinski definition) is 5. The zero-order valence-corrected chi connectivity index (χ0v) is 12.9. The van der Waals surface area contributed by atoms with E-state index >= 15 is 0 Å². The van der Waals surface area contributed by atoms with Crippen LogP contribution in [0.15, 0.2) is 47.1 Å². The van der Waals surface area contributed by atoms with Crippen LogP contribution in [0.2, 0.25) is 0 Å². The Hall–Kier alpha value is -2.76. The van der Waals surface area contributed by atoms with Gasteiger partial charge >= 0.3 is 5.97 Å². The largest absolute Gasteiger partial charge is 0.494 e. The SMILES string of the molecule is CCOc1ccc(CC(=O)OCC(=O)NCc2ccco2)cc1. The molecule has 1 amide bonds. The summed E-state index contributed by atoms with van der Waals surface area (Å²) >= 11 is 0. The molecular formula is C17H19NO5. The topological polar surface area (TPSA) is 77.8 Å². The Morgan fingerprint density at radius 2 is 1.96 bits per heavy atom. The first-order chi connectivity index (χ1) is 11.2. The summed E-state index contributed by atoms with van der Waals surface area (Å²) < 4.78 is 15.4. The molecule has 0 aliphatic heterocycles. The third kappa shape index (κ3) is 5.86. The Balaban J connectivity index is 1.68. The maximum Gasteiger partial charge on any atom is 0.310 e. The second-order valence-corrected chi connectivity index (χ2v) is 4.77. The van der Waals surface area contributed by atoms with E-state index in [9.17, 15) is 9.59 Å². The first-order valence-corrected chi connectivity index (χ1v) is 7.34. The minimum Gasteiger partial charge on any atom is -0.494 e. The summed E-state index contributed by atoms with van der Waals surface area (Å²) in [5, 5.41) is 2.60. The highest BCUT2D eigenvalue weighted by Crippen LogP contribution is 2.12. The maximum atomic E-state index is 11.7. The molecule has 1 N–H and O–H groups in total. The average molecular weight is 317 g/mol. The first-order valence-electron chi connectivity index (χ1n) is 7.34. The van der Waals surface area contributed by atoms with Gasteiger partial charge in [0.05, 0.1) is 25.8 Å². The third-order valence-corrected chi connectivity index (χ3v) is 2.99. The van der Waals surface area contributed by atoms with Crippen molar-refractivity contribution in [1.82, 2.24) is 5.32 Å². The van der Waals surface area contributed by atoms with Gasteiger partial charge in [0.15, 0.2) is 6.61 Å². The Kier molecular flexibility index (Phi) is 6.23. The molecule has 0 unspecified atom stereocenters. The fourth-order valence-electron chi connectivity index (χ4n) is 1.88. The number of amides is 1. The number of nitrogens with one attached hydrogen (secondary N) is 1. The number of furan rings is 1. The molecule has 2 aromatic rings. The van der Waals surface area contributed by atoms with Crippen LogP contribution >= 0.6 is 0 Å². The summed E-state index contributed by atoms with van der Waals surface area (Å²) in [6, 6.07) is 10.7. The summed E-state index contributed by atoms with van der Waals surface area (Å²) in [6.45, 7) is 2.45. The first kappa shape index (κ1) is 16.6. The van der Waals surface area contributed by atoms with Crippen LogP contribution in [0.4, 0.5) is 0 Å². The molecule has 1 aromatic carbocycles. The summed E-state index contributed by atoms with van der Waals surface area (Å²) in [5.74, 6) is 0.560. The Labute approximate surface area is 134 Å². The minimum absolute atomic E-state index is 0.109. The fourth-order valence-corrected chi connectivity index (χ4v) is 1.88. The highest BCUT2D eigenvalue weighted by Gasteiger charge is 2.09. The number of rotatable bonds is 8. The summed E-state index contributed by atoms with van der Waals surface area (Å²) in [6.07, 6.45) is 1.64. The number of carbonyl (C=O) groups is 2. The lowest BCUT2D eigenvalue weighted by atomic mass is 10.1. The molecule has 0 atom stereocenters. The molecule has 122 valence electrons. The number of benzene rings is 1. The van der Waals surface area contributed by atoms with Gasteiger partial charge in [0.1, 0.15) is 11.5 Å². The van der Waals surface area contributed by atoms with Crippen LogP contribution in [0.25, 0.3) is 0 Å². The van der Waals surface area contributed by atoms with Crippen molar-refractivity contribution in [1.29, 1.82) is 0 Å². The predicted octanol–water partition coefficient (Wildman–Crippen LogP) is 2.08. The van der Waals surface area contributed by atoms with Crippen LogP contribution < -0.4 is 10.1 Å². The number of esters is 1. The lowest BCUT2D eigenvalue weighted by Crippen LogP contribution is -2.28. The van der Waals surface area contributed by atoms with Crippen molar-refractivity contribution in [2.24, 2.45) is 0 Å². The quantitative estimate of drug-likeness (QED) is 0.754. The zero-order valence-electron chi connectivity index (χ0n) is 12.9. The van der Waals surface area contributed by atoms with Crippen molar-refractivity contribution >= 4 is 11.9 Å². The summed E-state index contributed by atoms with van der Waals surface area (Å²) in [5.41, 5.74) is 0.800. The van der Waals surface area contributed by atoms with Gasteiger partial charge in [-0.05, 0) is 36.8 Å². The number of ether oxygens (including phenoxy) is 2. The smallest absolute Gasteiger partial charge is 0.310 e. The molecule has 0 spiro atoms. The normalized spacial score (nSPS) is 10.1. The van der Waals surface area contributed by atoms with E-state index in [0.717, 1.165) is 11.3 Å². The highest BCUT2D eigenvalue weighted by molar-refractivity contribution is 5.81. The summed E-state index contributed by atoms with van der Waals surface area (Å²) in [7, 11) is 0. The summed E-state index contributed by atoms with van der Waals surface area (Å²) in [4.78, 5) is 23.3. The van der Waals surface area contributed by atoms with Crippen LogP contribution in [-0.4, -0.2) is 25.1 Å². The molecule has 23 heavy (non-hydrogen) atoms. The van der Waals surface area contributed by atoms with Crippen molar-refractivity contribution in [3.63, 3.8) is 0 Å². The van der Waals surface area contributed by atoms with Crippen LogP contribution in [0.5, 0.6) is 5.75 Å². The Morgan fingerprint density at radius 1 is 1.17 bits per heavy atom. The van der Waals surface area contributed by atoms with Gasteiger partial charge in [0, 0.05) is 0 Å².